The molecule has 0 aliphatic carbocycles. The number of aryl methyl sites for hydroxylation is 1. The number of rotatable bonds is 1. The molecular weight excluding hydrogens is 300 g/mol. The number of hydrogen-bond donors (Lipinski definition) is 1. The molecule has 2 aromatic carbocycles. The van der Waals surface area contributed by atoms with Crippen LogP contribution in [-0.4, -0.2) is 6.54 Å². The second-order valence-corrected chi connectivity index (χ2v) is 5.59. The molecule has 2 aromatic rings. The Labute approximate surface area is 126 Å². The Kier molecular flexibility index (Phi) is 3.48. The highest BCUT2D eigenvalue weighted by Gasteiger charge is 2.24. The van der Waals surface area contributed by atoms with Crippen LogP contribution < -0.4 is 10.1 Å². The Balaban J connectivity index is 1.94. The zero-order valence-corrected chi connectivity index (χ0v) is 12.2. The van der Waals surface area contributed by atoms with Crippen LogP contribution in [0.15, 0.2) is 30.3 Å². The Morgan fingerprint density at radius 3 is 2.80 bits per heavy atom. The molecule has 1 atom stereocenters. The van der Waals surface area contributed by atoms with Gasteiger partial charge in [-0.05, 0) is 36.8 Å². The van der Waals surface area contributed by atoms with E-state index in [4.69, 9.17) is 27.9 Å². The SMILES string of the molecule is Cc1ccc2c(c1)NCC(c1cc(F)c(Cl)cc1Cl)O2. The van der Waals surface area contributed by atoms with E-state index in [1.165, 1.54) is 12.1 Å². The fraction of sp³-hybridized carbons (Fsp3) is 0.200. The van der Waals surface area contributed by atoms with Crippen molar-refractivity contribution in [2.45, 2.75) is 13.0 Å². The normalized spacial score (nSPS) is 17.1. The van der Waals surface area contributed by atoms with E-state index < -0.39 is 5.82 Å². The van der Waals surface area contributed by atoms with Gasteiger partial charge in [0.05, 0.1) is 17.3 Å². The van der Waals surface area contributed by atoms with Gasteiger partial charge in [0, 0.05) is 10.6 Å². The molecule has 1 aliphatic heterocycles. The molecule has 104 valence electrons. The van der Waals surface area contributed by atoms with Gasteiger partial charge in [-0.3, -0.25) is 0 Å². The molecule has 0 spiro atoms. The lowest BCUT2D eigenvalue weighted by atomic mass is 10.1. The second-order valence-electron chi connectivity index (χ2n) is 4.77. The third-order valence-electron chi connectivity index (χ3n) is 3.27. The second kappa shape index (κ2) is 5.15. The molecule has 0 bridgehead atoms. The van der Waals surface area contributed by atoms with Gasteiger partial charge in [-0.2, -0.15) is 0 Å². The molecule has 0 aromatic heterocycles. The fourth-order valence-electron chi connectivity index (χ4n) is 2.24. The molecule has 2 nitrogen and oxygen atoms in total. The van der Waals surface area contributed by atoms with Crippen molar-refractivity contribution in [3.05, 3.63) is 57.3 Å². The minimum Gasteiger partial charge on any atom is -0.482 e. The molecule has 3 rings (SSSR count). The van der Waals surface area contributed by atoms with Crippen molar-refractivity contribution in [1.29, 1.82) is 0 Å². The predicted molar refractivity (Wildman–Crippen MR) is 79.5 cm³/mol. The first kappa shape index (κ1) is 13.5. The van der Waals surface area contributed by atoms with Crippen molar-refractivity contribution in [3.8, 4) is 5.75 Å². The van der Waals surface area contributed by atoms with Crippen LogP contribution in [0.1, 0.15) is 17.2 Å². The zero-order chi connectivity index (χ0) is 14.3. The van der Waals surface area contributed by atoms with Gasteiger partial charge in [-0.15, -0.1) is 0 Å². The monoisotopic (exact) mass is 311 g/mol. The average molecular weight is 312 g/mol. The third kappa shape index (κ3) is 2.43. The van der Waals surface area contributed by atoms with Crippen LogP contribution in [0.25, 0.3) is 0 Å². The molecule has 1 N–H and O–H groups in total. The van der Waals surface area contributed by atoms with E-state index in [1.54, 1.807) is 0 Å². The molecule has 0 saturated carbocycles. The third-order valence-corrected chi connectivity index (χ3v) is 3.89. The summed E-state index contributed by atoms with van der Waals surface area (Å²) < 4.78 is 19.5. The Bertz CT molecular complexity index is 675. The standard InChI is InChI=1S/C15H12Cl2FNO/c1-8-2-3-14-13(4-8)19-7-15(20-14)9-5-12(18)11(17)6-10(9)16/h2-6,15,19H,7H2,1H3. The number of hydrogen-bond acceptors (Lipinski definition) is 2. The first-order chi connectivity index (χ1) is 9.54. The van der Waals surface area contributed by atoms with Gasteiger partial charge >= 0.3 is 0 Å². The van der Waals surface area contributed by atoms with E-state index in [0.717, 1.165) is 17.0 Å². The maximum Gasteiger partial charge on any atom is 0.143 e. The summed E-state index contributed by atoms with van der Waals surface area (Å²) in [5, 5.41) is 3.69. The molecular formula is C15H12Cl2FNO. The largest absolute Gasteiger partial charge is 0.482 e. The number of nitrogens with one attached hydrogen (secondary N) is 1. The van der Waals surface area contributed by atoms with Gasteiger partial charge < -0.3 is 10.1 Å². The lowest BCUT2D eigenvalue weighted by molar-refractivity contribution is 0.210. The minimum atomic E-state index is -0.496. The lowest BCUT2D eigenvalue weighted by Crippen LogP contribution is -2.24. The quantitative estimate of drug-likeness (QED) is 0.749. The van der Waals surface area contributed by atoms with Crippen LogP contribution in [0.2, 0.25) is 10.0 Å². The fourth-order valence-corrected chi connectivity index (χ4v) is 2.75. The zero-order valence-electron chi connectivity index (χ0n) is 10.7. The molecule has 0 amide bonds. The smallest absolute Gasteiger partial charge is 0.143 e. The van der Waals surface area contributed by atoms with Gasteiger partial charge in [0.15, 0.2) is 0 Å². The number of fused-ring (bicyclic) bond motifs is 1. The highest BCUT2D eigenvalue weighted by Crippen LogP contribution is 2.37. The number of anilines is 1. The maximum atomic E-state index is 13.6. The first-order valence-corrected chi connectivity index (χ1v) is 6.96. The molecule has 0 saturated heterocycles. The van der Waals surface area contributed by atoms with Crippen LogP contribution in [-0.2, 0) is 0 Å². The van der Waals surface area contributed by atoms with E-state index >= 15 is 0 Å². The summed E-state index contributed by atoms with van der Waals surface area (Å²) >= 11 is 11.8. The van der Waals surface area contributed by atoms with Crippen molar-refractivity contribution in [1.82, 2.24) is 0 Å². The predicted octanol–water partition coefficient (Wildman–Crippen LogP) is 4.99. The van der Waals surface area contributed by atoms with Crippen molar-refractivity contribution in [2.75, 3.05) is 11.9 Å². The summed E-state index contributed by atoms with van der Waals surface area (Å²) in [5.74, 6) is 0.239. The van der Waals surface area contributed by atoms with E-state index in [0.29, 0.717) is 17.1 Å². The minimum absolute atomic E-state index is 0.0125. The molecule has 20 heavy (non-hydrogen) atoms. The number of ether oxygens (including phenoxy) is 1. The molecule has 1 unspecified atom stereocenters. The summed E-state index contributed by atoms with van der Waals surface area (Å²) in [7, 11) is 0. The van der Waals surface area contributed by atoms with Gasteiger partial charge in [-0.1, -0.05) is 29.3 Å². The van der Waals surface area contributed by atoms with Gasteiger partial charge in [0.1, 0.15) is 17.7 Å². The summed E-state index contributed by atoms with van der Waals surface area (Å²) in [6, 6.07) is 8.60. The van der Waals surface area contributed by atoms with Crippen molar-refractivity contribution < 1.29 is 9.13 Å². The van der Waals surface area contributed by atoms with Crippen molar-refractivity contribution >= 4 is 28.9 Å². The average Bonchev–Trinajstić information content (AvgIpc) is 2.42. The van der Waals surface area contributed by atoms with Crippen LogP contribution in [0.4, 0.5) is 10.1 Å². The lowest BCUT2D eigenvalue weighted by Gasteiger charge is -2.28. The highest BCUT2D eigenvalue weighted by molar-refractivity contribution is 6.35. The number of benzene rings is 2. The Morgan fingerprint density at radius 1 is 1.20 bits per heavy atom. The van der Waals surface area contributed by atoms with Crippen LogP contribution in [0.3, 0.4) is 0 Å². The van der Waals surface area contributed by atoms with E-state index in [1.807, 2.05) is 25.1 Å². The van der Waals surface area contributed by atoms with Gasteiger partial charge in [0.2, 0.25) is 0 Å². The number of halogens is 3. The molecule has 0 fully saturated rings. The van der Waals surface area contributed by atoms with Gasteiger partial charge in [0.25, 0.3) is 0 Å². The summed E-state index contributed by atoms with van der Waals surface area (Å²) in [6.07, 6.45) is -0.343. The van der Waals surface area contributed by atoms with Crippen LogP contribution >= 0.6 is 23.2 Å². The van der Waals surface area contributed by atoms with E-state index in [-0.39, 0.29) is 11.1 Å². The summed E-state index contributed by atoms with van der Waals surface area (Å²) in [4.78, 5) is 0. The summed E-state index contributed by atoms with van der Waals surface area (Å²) in [6.45, 7) is 2.54. The molecule has 1 heterocycles. The van der Waals surface area contributed by atoms with Gasteiger partial charge in [-0.25, -0.2) is 4.39 Å². The molecule has 1 aliphatic rings. The van der Waals surface area contributed by atoms with Crippen LogP contribution in [0, 0.1) is 12.7 Å². The molecule has 0 radical (unpaired) electrons. The molecule has 5 heteroatoms. The topological polar surface area (TPSA) is 21.3 Å². The van der Waals surface area contributed by atoms with Crippen molar-refractivity contribution in [2.24, 2.45) is 0 Å². The summed E-state index contributed by atoms with van der Waals surface area (Å²) in [5.41, 5.74) is 2.67. The van der Waals surface area contributed by atoms with E-state index in [2.05, 4.69) is 5.32 Å². The van der Waals surface area contributed by atoms with E-state index in [9.17, 15) is 4.39 Å². The highest BCUT2D eigenvalue weighted by atomic mass is 35.5. The van der Waals surface area contributed by atoms with Crippen molar-refractivity contribution in [3.63, 3.8) is 0 Å². The Morgan fingerprint density at radius 2 is 2.00 bits per heavy atom. The van der Waals surface area contributed by atoms with Crippen LogP contribution in [0.5, 0.6) is 5.75 Å². The first-order valence-electron chi connectivity index (χ1n) is 6.20. The Hall–Kier alpha value is -1.45. The maximum absolute atomic E-state index is 13.6.